The number of sulfonamides is 1. The summed E-state index contributed by atoms with van der Waals surface area (Å²) in [4.78, 5) is 28.9. The maximum Gasteiger partial charge on any atom is 0.264 e. The molecule has 0 unspecified atom stereocenters. The summed E-state index contributed by atoms with van der Waals surface area (Å²) < 4.78 is 34.9. The highest BCUT2D eigenvalue weighted by atomic mass is 79.9. The highest BCUT2D eigenvalue weighted by Gasteiger charge is 2.33. The van der Waals surface area contributed by atoms with E-state index in [1.54, 1.807) is 49.4 Å². The molecule has 1 fully saturated rings. The lowest BCUT2D eigenvalue weighted by molar-refractivity contribution is -0.139. The van der Waals surface area contributed by atoms with Gasteiger partial charge in [0.15, 0.2) is 0 Å². The number of methoxy groups -OCH3 is 1. The summed E-state index contributed by atoms with van der Waals surface area (Å²) in [7, 11) is -2.59. The molecule has 218 valence electrons. The number of hydrogen-bond donors (Lipinski definition) is 1. The number of halogens is 1. The molecule has 1 saturated carbocycles. The van der Waals surface area contributed by atoms with Crippen LogP contribution in [0.15, 0.2) is 88.2 Å². The van der Waals surface area contributed by atoms with Gasteiger partial charge in [0.1, 0.15) is 18.3 Å². The van der Waals surface area contributed by atoms with Gasteiger partial charge in [-0.2, -0.15) is 0 Å². The molecule has 3 aromatic carbocycles. The van der Waals surface area contributed by atoms with Crippen molar-refractivity contribution in [1.82, 2.24) is 10.2 Å². The van der Waals surface area contributed by atoms with Crippen molar-refractivity contribution in [2.75, 3.05) is 18.0 Å². The van der Waals surface area contributed by atoms with Gasteiger partial charge >= 0.3 is 0 Å². The van der Waals surface area contributed by atoms with Crippen LogP contribution in [0.5, 0.6) is 5.75 Å². The van der Waals surface area contributed by atoms with Crippen LogP contribution < -0.4 is 14.4 Å². The lowest BCUT2D eigenvalue weighted by Crippen LogP contribution is -2.53. The molecule has 41 heavy (non-hydrogen) atoms. The summed E-state index contributed by atoms with van der Waals surface area (Å²) in [6.07, 6.45) is 5.12. The molecule has 2 amide bonds. The van der Waals surface area contributed by atoms with Crippen molar-refractivity contribution in [2.24, 2.45) is 0 Å². The van der Waals surface area contributed by atoms with Crippen LogP contribution in [0.1, 0.15) is 44.6 Å². The topological polar surface area (TPSA) is 96.0 Å². The van der Waals surface area contributed by atoms with Crippen LogP contribution in [0.2, 0.25) is 0 Å². The second kappa shape index (κ2) is 14.0. The molecule has 10 heteroatoms. The maximum absolute atomic E-state index is 14.0. The Labute approximate surface area is 250 Å². The van der Waals surface area contributed by atoms with Gasteiger partial charge in [-0.05, 0) is 73.9 Å². The van der Waals surface area contributed by atoms with Crippen LogP contribution in [-0.2, 0) is 26.2 Å². The van der Waals surface area contributed by atoms with Gasteiger partial charge in [0, 0.05) is 17.1 Å². The van der Waals surface area contributed by atoms with E-state index in [0.717, 1.165) is 46.4 Å². The third-order valence-corrected chi connectivity index (χ3v) is 9.67. The molecule has 0 aromatic heterocycles. The van der Waals surface area contributed by atoms with Crippen LogP contribution in [0.4, 0.5) is 5.69 Å². The Hall–Kier alpha value is -3.37. The van der Waals surface area contributed by atoms with Crippen molar-refractivity contribution in [3.63, 3.8) is 0 Å². The number of nitrogens with zero attached hydrogens (tertiary/aromatic N) is 2. The molecular formula is C31H36BrN3O5S. The van der Waals surface area contributed by atoms with Gasteiger partial charge in [-0.1, -0.05) is 65.5 Å². The van der Waals surface area contributed by atoms with E-state index in [4.69, 9.17) is 4.74 Å². The summed E-state index contributed by atoms with van der Waals surface area (Å²) in [5.74, 6) is -0.180. The third kappa shape index (κ3) is 7.89. The predicted molar refractivity (Wildman–Crippen MR) is 163 cm³/mol. The summed E-state index contributed by atoms with van der Waals surface area (Å²) in [6, 6.07) is 21.2. The number of benzene rings is 3. The van der Waals surface area contributed by atoms with Gasteiger partial charge in [-0.15, -0.1) is 0 Å². The van der Waals surface area contributed by atoms with Gasteiger partial charge in [-0.3, -0.25) is 13.9 Å². The standard InChI is InChI=1S/C31H36BrN3O5S/c1-23(31(37)33-26-9-5-3-6-10-26)34(21-24-13-15-25(32)16-14-24)30(36)22-35(27-17-19-28(40-2)20-18-27)41(38,39)29-11-7-4-8-12-29/h4,7-8,11-20,23,26H,3,5-6,9-10,21-22H2,1-2H3,(H,33,37)/t23-/m1/s1. The molecule has 0 radical (unpaired) electrons. The Bertz CT molecular complexity index is 1410. The van der Waals surface area contributed by atoms with Gasteiger partial charge in [0.25, 0.3) is 10.0 Å². The number of carbonyl (C=O) groups excluding carboxylic acids is 2. The zero-order valence-electron chi connectivity index (χ0n) is 23.3. The minimum absolute atomic E-state index is 0.0613. The zero-order valence-corrected chi connectivity index (χ0v) is 25.7. The quantitative estimate of drug-likeness (QED) is 0.297. The molecule has 3 aromatic rings. The molecule has 4 rings (SSSR count). The Morgan fingerprint density at radius 3 is 2.20 bits per heavy atom. The van der Waals surface area contributed by atoms with Gasteiger partial charge in [0.2, 0.25) is 11.8 Å². The van der Waals surface area contributed by atoms with E-state index < -0.39 is 28.5 Å². The smallest absolute Gasteiger partial charge is 0.264 e. The van der Waals surface area contributed by atoms with Gasteiger partial charge in [-0.25, -0.2) is 8.42 Å². The molecular weight excluding hydrogens is 606 g/mol. The van der Waals surface area contributed by atoms with Crippen LogP contribution in [-0.4, -0.2) is 50.9 Å². The number of rotatable bonds is 11. The van der Waals surface area contributed by atoms with Crippen LogP contribution in [0, 0.1) is 0 Å². The average Bonchev–Trinajstić information content (AvgIpc) is 3.00. The van der Waals surface area contributed by atoms with Crippen molar-refractivity contribution >= 4 is 43.5 Å². The first-order valence-electron chi connectivity index (χ1n) is 13.7. The number of hydrogen-bond acceptors (Lipinski definition) is 5. The Morgan fingerprint density at radius 2 is 1.59 bits per heavy atom. The van der Waals surface area contributed by atoms with E-state index in [-0.39, 0.29) is 23.4 Å². The molecule has 1 N–H and O–H groups in total. The summed E-state index contributed by atoms with van der Waals surface area (Å²) >= 11 is 3.43. The lowest BCUT2D eigenvalue weighted by atomic mass is 9.95. The van der Waals surface area contributed by atoms with Crippen molar-refractivity contribution in [3.8, 4) is 5.75 Å². The van der Waals surface area contributed by atoms with Crippen LogP contribution >= 0.6 is 15.9 Å². The molecule has 1 aliphatic rings. The van der Waals surface area contributed by atoms with E-state index >= 15 is 0 Å². The van der Waals surface area contributed by atoms with Gasteiger partial charge < -0.3 is 15.0 Å². The molecule has 0 saturated heterocycles. The van der Waals surface area contributed by atoms with Crippen molar-refractivity contribution in [3.05, 3.63) is 88.9 Å². The normalized spacial score (nSPS) is 14.6. The second-order valence-corrected chi connectivity index (χ2v) is 13.0. The van der Waals surface area contributed by atoms with E-state index in [0.29, 0.717) is 11.4 Å². The van der Waals surface area contributed by atoms with E-state index in [1.165, 1.54) is 24.1 Å². The fourth-order valence-electron chi connectivity index (χ4n) is 4.93. The highest BCUT2D eigenvalue weighted by Crippen LogP contribution is 2.27. The molecule has 0 aliphatic heterocycles. The van der Waals surface area contributed by atoms with Crippen molar-refractivity contribution in [2.45, 2.75) is 62.6 Å². The number of amides is 2. The molecule has 1 atom stereocenters. The molecule has 0 bridgehead atoms. The third-order valence-electron chi connectivity index (χ3n) is 7.36. The first-order chi connectivity index (χ1) is 19.7. The summed E-state index contributed by atoms with van der Waals surface area (Å²) in [5, 5.41) is 3.12. The van der Waals surface area contributed by atoms with Crippen LogP contribution in [0.25, 0.3) is 0 Å². The van der Waals surface area contributed by atoms with E-state index in [2.05, 4.69) is 21.2 Å². The Balaban J connectivity index is 1.66. The zero-order chi connectivity index (χ0) is 29.4. The number of carbonyl (C=O) groups is 2. The average molecular weight is 643 g/mol. The summed E-state index contributed by atoms with van der Waals surface area (Å²) in [5.41, 5.74) is 1.13. The van der Waals surface area contributed by atoms with Crippen molar-refractivity contribution < 1.29 is 22.7 Å². The first-order valence-corrected chi connectivity index (χ1v) is 16.0. The highest BCUT2D eigenvalue weighted by molar-refractivity contribution is 9.10. The van der Waals surface area contributed by atoms with Gasteiger partial charge in [0.05, 0.1) is 17.7 Å². The fourth-order valence-corrected chi connectivity index (χ4v) is 6.63. The first kappa shape index (κ1) is 30.6. The van der Waals surface area contributed by atoms with Crippen molar-refractivity contribution in [1.29, 1.82) is 0 Å². The minimum Gasteiger partial charge on any atom is -0.497 e. The number of ether oxygens (including phenoxy) is 1. The minimum atomic E-state index is -4.11. The molecule has 0 spiro atoms. The predicted octanol–water partition coefficient (Wildman–Crippen LogP) is 5.52. The second-order valence-electron chi connectivity index (χ2n) is 10.2. The van der Waals surface area contributed by atoms with E-state index in [9.17, 15) is 18.0 Å². The van der Waals surface area contributed by atoms with E-state index in [1.807, 2.05) is 24.3 Å². The Kier molecular flexibility index (Phi) is 10.4. The number of anilines is 1. The molecule has 1 aliphatic carbocycles. The molecule has 8 nitrogen and oxygen atoms in total. The maximum atomic E-state index is 14.0. The molecule has 0 heterocycles. The van der Waals surface area contributed by atoms with Crippen LogP contribution in [0.3, 0.4) is 0 Å². The fraction of sp³-hybridized carbons (Fsp3) is 0.355. The monoisotopic (exact) mass is 641 g/mol. The largest absolute Gasteiger partial charge is 0.497 e. The lowest BCUT2D eigenvalue weighted by Gasteiger charge is -2.33. The Morgan fingerprint density at radius 1 is 0.951 bits per heavy atom. The SMILES string of the molecule is COc1ccc(N(CC(=O)N(Cc2ccc(Br)cc2)[C@H](C)C(=O)NC2CCCCC2)S(=O)(=O)c2ccccc2)cc1. The summed E-state index contributed by atoms with van der Waals surface area (Å²) in [6.45, 7) is 1.35. The number of nitrogens with one attached hydrogen (secondary N) is 1.